The topological polar surface area (TPSA) is 86.2 Å². The number of piperazine rings is 1. The normalized spacial score (nSPS) is 23.3. The predicted molar refractivity (Wildman–Crippen MR) is 154 cm³/mol. The number of carbonyl (C=O) groups is 2. The monoisotopic (exact) mass is 562 g/mol. The molecular weight excluding hydrogens is 523 g/mol. The van der Waals surface area contributed by atoms with Crippen LogP contribution in [0.2, 0.25) is 0 Å². The van der Waals surface area contributed by atoms with Crippen LogP contribution in [0.3, 0.4) is 0 Å². The van der Waals surface area contributed by atoms with Gasteiger partial charge in [0.05, 0.1) is 24.2 Å². The van der Waals surface area contributed by atoms with Crippen LogP contribution in [-0.2, 0) is 16.1 Å². The molecular formula is C31H39FN6O3. The Morgan fingerprint density at radius 2 is 1.66 bits per heavy atom. The van der Waals surface area contributed by atoms with Gasteiger partial charge in [-0.2, -0.15) is 4.99 Å². The van der Waals surface area contributed by atoms with E-state index in [0.29, 0.717) is 11.2 Å². The molecule has 2 aromatic carbocycles. The van der Waals surface area contributed by atoms with Crippen LogP contribution >= 0.6 is 0 Å². The van der Waals surface area contributed by atoms with Crippen LogP contribution in [0, 0.1) is 11.7 Å². The number of nitrogens with one attached hydrogen (secondary N) is 1. The zero-order valence-corrected chi connectivity index (χ0v) is 23.7. The van der Waals surface area contributed by atoms with Gasteiger partial charge in [0.1, 0.15) is 5.82 Å². The van der Waals surface area contributed by atoms with Gasteiger partial charge in [0.15, 0.2) is 0 Å². The van der Waals surface area contributed by atoms with Crippen molar-refractivity contribution in [2.24, 2.45) is 10.9 Å². The van der Waals surface area contributed by atoms with Crippen molar-refractivity contribution in [3.05, 3.63) is 65.0 Å². The van der Waals surface area contributed by atoms with E-state index in [2.05, 4.69) is 49.6 Å². The van der Waals surface area contributed by atoms with Gasteiger partial charge in [0, 0.05) is 63.3 Å². The fraction of sp³-hybridized carbons (Fsp3) is 0.516. The largest absolute Gasteiger partial charge is 0.379 e. The number of likely N-dealkylation sites (N-methyl/N-ethyl adjacent to an activating group) is 1. The molecule has 1 aliphatic carbocycles. The zero-order valence-electron chi connectivity index (χ0n) is 23.7. The van der Waals surface area contributed by atoms with Gasteiger partial charge in [-0.05, 0) is 74.7 Å². The number of amides is 2. The molecule has 3 aliphatic rings. The second-order valence-corrected chi connectivity index (χ2v) is 11.6. The van der Waals surface area contributed by atoms with Crippen molar-refractivity contribution in [2.45, 2.75) is 38.3 Å². The van der Waals surface area contributed by atoms with Crippen LogP contribution in [0.5, 0.6) is 0 Å². The lowest BCUT2D eigenvalue weighted by Crippen LogP contribution is -2.49. The van der Waals surface area contributed by atoms with E-state index in [9.17, 15) is 14.0 Å². The lowest BCUT2D eigenvalue weighted by Gasteiger charge is -2.37. The maximum Gasteiger partial charge on any atom is 0.280 e. The highest BCUT2D eigenvalue weighted by Crippen LogP contribution is 2.34. The molecule has 1 saturated carbocycles. The average molecular weight is 563 g/mol. The number of carbonyl (C=O) groups excluding carboxylic acids is 2. The molecule has 2 saturated heterocycles. The summed E-state index contributed by atoms with van der Waals surface area (Å²) in [5, 5.41) is 0. The molecule has 9 nitrogen and oxygen atoms in total. The van der Waals surface area contributed by atoms with Crippen molar-refractivity contribution in [3.8, 4) is 0 Å². The van der Waals surface area contributed by atoms with Crippen molar-refractivity contribution >= 4 is 22.8 Å². The first-order valence-electron chi connectivity index (χ1n) is 14.8. The smallest absolute Gasteiger partial charge is 0.280 e. The van der Waals surface area contributed by atoms with E-state index in [-0.39, 0.29) is 17.9 Å². The predicted octanol–water partition coefficient (Wildman–Crippen LogP) is 3.19. The Morgan fingerprint density at radius 1 is 0.951 bits per heavy atom. The molecule has 0 unspecified atom stereocenters. The third-order valence-electron chi connectivity index (χ3n) is 8.83. The summed E-state index contributed by atoms with van der Waals surface area (Å²) in [6.45, 7) is 7.58. The number of hydrogen-bond donors (Lipinski definition) is 1. The first kappa shape index (κ1) is 27.8. The van der Waals surface area contributed by atoms with E-state index in [1.807, 2.05) is 4.90 Å². The van der Waals surface area contributed by atoms with Crippen LogP contribution in [0.1, 0.15) is 47.6 Å². The molecule has 2 amide bonds. The molecule has 0 atom stereocenters. The molecule has 3 heterocycles. The zero-order chi connectivity index (χ0) is 28.3. The number of H-pyrrole nitrogens is 1. The van der Waals surface area contributed by atoms with Crippen LogP contribution in [-0.4, -0.2) is 95.6 Å². The van der Waals surface area contributed by atoms with Crippen LogP contribution in [0.25, 0.3) is 11.0 Å². The minimum Gasteiger partial charge on any atom is -0.379 e. The van der Waals surface area contributed by atoms with E-state index in [4.69, 9.17) is 4.74 Å². The maximum absolute atomic E-state index is 13.5. The molecule has 10 heteroatoms. The Balaban J connectivity index is 1.28. The Morgan fingerprint density at radius 3 is 2.37 bits per heavy atom. The second-order valence-electron chi connectivity index (χ2n) is 11.6. The standard InChI is InChI=1S/C31H39FN6O3/c1-35-12-14-37(15-13-35)30(40)24-5-9-26(10-6-24)38-28-20-22(21-36-16-18-41-19-17-36)2-11-27(28)33-31(38)34-29(39)23-3-7-25(32)8-4-23/h2-4,7-8,11,20,24,26H,5-6,9-10,12-19,21H2,1H3,(H,33,34,39). The number of rotatable bonds is 5. The van der Waals surface area contributed by atoms with Crippen LogP contribution in [0.4, 0.5) is 4.39 Å². The third-order valence-corrected chi connectivity index (χ3v) is 8.83. The summed E-state index contributed by atoms with van der Waals surface area (Å²) in [6, 6.07) is 12.0. The van der Waals surface area contributed by atoms with Crippen molar-refractivity contribution in [2.75, 3.05) is 59.5 Å². The molecule has 1 N–H and O–H groups in total. The Labute approximate surface area is 239 Å². The number of fused-ring (bicyclic) bond motifs is 1. The fourth-order valence-electron chi connectivity index (χ4n) is 6.36. The number of imidazole rings is 1. The van der Waals surface area contributed by atoms with E-state index in [0.717, 1.165) is 95.7 Å². The lowest BCUT2D eigenvalue weighted by molar-refractivity contribution is -0.138. The maximum atomic E-state index is 13.5. The number of ether oxygens (including phenoxy) is 1. The van der Waals surface area contributed by atoms with Gasteiger partial charge in [-0.3, -0.25) is 14.5 Å². The molecule has 6 rings (SSSR count). The molecule has 2 aliphatic heterocycles. The van der Waals surface area contributed by atoms with Crippen LogP contribution in [0.15, 0.2) is 47.5 Å². The highest BCUT2D eigenvalue weighted by atomic mass is 19.1. The van der Waals surface area contributed by atoms with Gasteiger partial charge >= 0.3 is 0 Å². The lowest BCUT2D eigenvalue weighted by atomic mass is 9.84. The van der Waals surface area contributed by atoms with Gasteiger partial charge in [-0.1, -0.05) is 6.07 Å². The summed E-state index contributed by atoms with van der Waals surface area (Å²) >= 11 is 0. The van der Waals surface area contributed by atoms with Gasteiger partial charge < -0.3 is 24.1 Å². The molecule has 41 heavy (non-hydrogen) atoms. The number of hydrogen-bond acceptors (Lipinski definition) is 5. The van der Waals surface area contributed by atoms with Crippen LogP contribution < -0.4 is 5.62 Å². The van der Waals surface area contributed by atoms with Gasteiger partial charge in [-0.25, -0.2) is 4.39 Å². The molecule has 1 aromatic heterocycles. The summed E-state index contributed by atoms with van der Waals surface area (Å²) in [5.74, 6) is -0.487. The first-order valence-corrected chi connectivity index (χ1v) is 14.8. The number of nitrogens with zero attached hydrogens (tertiary/aromatic N) is 5. The number of aromatic amines is 1. The molecule has 218 valence electrons. The molecule has 3 fully saturated rings. The SMILES string of the molecule is CN1CCN(C(=O)C2CCC(n3/c(=N\C(=O)c4ccc(F)cc4)[nH]c4ccc(CN5CCOCC5)cc43)CC2)CC1. The van der Waals surface area contributed by atoms with Gasteiger partial charge in [0.25, 0.3) is 5.91 Å². The van der Waals surface area contributed by atoms with E-state index >= 15 is 0 Å². The van der Waals surface area contributed by atoms with Gasteiger partial charge in [-0.15, -0.1) is 0 Å². The molecule has 0 radical (unpaired) electrons. The van der Waals surface area contributed by atoms with Gasteiger partial charge in [0.2, 0.25) is 11.5 Å². The molecule has 0 spiro atoms. The van der Waals surface area contributed by atoms with Crippen molar-refractivity contribution in [1.82, 2.24) is 24.3 Å². The number of halogens is 1. The fourth-order valence-corrected chi connectivity index (χ4v) is 6.36. The molecule has 0 bridgehead atoms. The van der Waals surface area contributed by atoms with Crippen molar-refractivity contribution in [1.29, 1.82) is 0 Å². The first-order chi connectivity index (χ1) is 19.9. The Kier molecular flexibility index (Phi) is 8.32. The highest BCUT2D eigenvalue weighted by Gasteiger charge is 2.32. The highest BCUT2D eigenvalue weighted by molar-refractivity contribution is 5.95. The minimum absolute atomic E-state index is 0.0404. The summed E-state index contributed by atoms with van der Waals surface area (Å²) in [4.78, 5) is 41.0. The summed E-state index contributed by atoms with van der Waals surface area (Å²) in [6.07, 6.45) is 3.30. The average Bonchev–Trinajstić information content (AvgIpc) is 3.35. The number of morpholine rings is 1. The number of aromatic nitrogens is 2. The second kappa shape index (κ2) is 12.3. The van der Waals surface area contributed by atoms with Crippen molar-refractivity contribution in [3.63, 3.8) is 0 Å². The molecule has 3 aromatic rings. The van der Waals surface area contributed by atoms with E-state index in [1.165, 1.54) is 29.8 Å². The van der Waals surface area contributed by atoms with E-state index in [1.54, 1.807) is 0 Å². The Bertz CT molecular complexity index is 1440. The Hall–Kier alpha value is -3.34. The summed E-state index contributed by atoms with van der Waals surface area (Å²) in [7, 11) is 2.10. The summed E-state index contributed by atoms with van der Waals surface area (Å²) < 4.78 is 21.1. The minimum atomic E-state index is -0.419. The van der Waals surface area contributed by atoms with E-state index < -0.39 is 11.7 Å². The number of benzene rings is 2. The third kappa shape index (κ3) is 6.29. The summed E-state index contributed by atoms with van der Waals surface area (Å²) in [5.41, 5.74) is 3.95. The quantitative estimate of drug-likeness (QED) is 0.516. The van der Waals surface area contributed by atoms with Crippen molar-refractivity contribution < 1.29 is 18.7 Å².